The maximum Gasteiger partial charge on any atom is 0.249 e. The van der Waals surface area contributed by atoms with E-state index in [2.05, 4.69) is 32.6 Å². The summed E-state index contributed by atoms with van der Waals surface area (Å²) in [4.78, 5) is 16.5. The zero-order valence-corrected chi connectivity index (χ0v) is 15.3. The number of carbonyl (C=O) groups excluding carboxylic acids is 1. The van der Waals surface area contributed by atoms with Gasteiger partial charge in [0.25, 0.3) is 0 Å². The normalized spacial score (nSPS) is 12.0. The molecule has 1 amide bonds. The molecular weight excluding hydrogens is 356 g/mol. The number of nitrogens with zero attached hydrogens (tertiary/aromatic N) is 4. The zero-order valence-electron chi connectivity index (χ0n) is 13.6. The molecule has 1 atom stereocenters. The maximum absolute atomic E-state index is 12.4. The van der Waals surface area contributed by atoms with E-state index in [9.17, 15) is 4.79 Å². The molecule has 0 radical (unpaired) electrons. The lowest BCUT2D eigenvalue weighted by Crippen LogP contribution is -2.25. The van der Waals surface area contributed by atoms with Gasteiger partial charge < -0.3 is 11.1 Å². The van der Waals surface area contributed by atoms with Crippen LogP contribution in [0.1, 0.15) is 18.5 Å². The van der Waals surface area contributed by atoms with Crippen molar-refractivity contribution < 1.29 is 4.79 Å². The highest BCUT2D eigenvalue weighted by molar-refractivity contribution is 7.99. The lowest BCUT2D eigenvalue weighted by atomic mass is 10.2. The third-order valence-corrected chi connectivity index (χ3v) is 5.22. The molecule has 0 saturated carbocycles. The van der Waals surface area contributed by atoms with Gasteiger partial charge >= 0.3 is 0 Å². The molecule has 0 aliphatic carbocycles. The van der Waals surface area contributed by atoms with Crippen LogP contribution in [-0.4, -0.2) is 31.4 Å². The van der Waals surface area contributed by atoms with Gasteiger partial charge in [-0.15, -0.1) is 21.5 Å². The molecule has 130 valence electrons. The van der Waals surface area contributed by atoms with Crippen molar-refractivity contribution in [2.24, 2.45) is 0 Å². The number of rotatable bonds is 7. The maximum atomic E-state index is 12.4. The molecule has 3 aromatic rings. The predicted octanol–water partition coefficient (Wildman–Crippen LogP) is 2.85. The summed E-state index contributed by atoms with van der Waals surface area (Å²) in [5, 5.41) is 13.8. The number of benzene rings is 1. The minimum absolute atomic E-state index is 0.202. The Bertz CT molecular complexity index is 819. The number of hydrogen-bond acceptors (Lipinski definition) is 7. The number of aryl methyl sites for hydroxylation is 1. The number of amides is 1. The molecule has 0 aliphatic heterocycles. The van der Waals surface area contributed by atoms with Gasteiger partial charge in [-0.1, -0.05) is 42.1 Å². The molecule has 25 heavy (non-hydrogen) atoms. The Morgan fingerprint density at radius 3 is 2.88 bits per heavy atom. The van der Waals surface area contributed by atoms with Crippen molar-refractivity contribution in [2.45, 2.75) is 24.5 Å². The molecule has 0 fully saturated rings. The Kier molecular flexibility index (Phi) is 5.67. The summed E-state index contributed by atoms with van der Waals surface area (Å²) in [6, 6.07) is 9.68. The fourth-order valence-electron chi connectivity index (χ4n) is 2.27. The Balaban J connectivity index is 1.65. The summed E-state index contributed by atoms with van der Waals surface area (Å²) in [6.45, 7) is 1.77. The molecule has 9 heteroatoms. The van der Waals surface area contributed by atoms with E-state index < -0.39 is 6.04 Å². The lowest BCUT2D eigenvalue weighted by molar-refractivity contribution is -0.118. The van der Waals surface area contributed by atoms with Crippen molar-refractivity contribution in [1.82, 2.24) is 19.7 Å². The number of hydrogen-bond donors (Lipinski definition) is 2. The summed E-state index contributed by atoms with van der Waals surface area (Å²) in [6.07, 6.45) is 2.54. The smallest absolute Gasteiger partial charge is 0.249 e. The molecule has 0 spiro atoms. The number of anilines is 2. The summed E-state index contributed by atoms with van der Waals surface area (Å²) >= 11 is 2.90. The molecule has 1 unspecified atom stereocenters. The molecule has 0 saturated heterocycles. The van der Waals surface area contributed by atoms with Crippen LogP contribution in [0.25, 0.3) is 0 Å². The van der Waals surface area contributed by atoms with Gasteiger partial charge in [-0.3, -0.25) is 9.36 Å². The summed E-state index contributed by atoms with van der Waals surface area (Å²) < 4.78 is 1.65. The Labute approximate surface area is 153 Å². The van der Waals surface area contributed by atoms with Gasteiger partial charge in [0.2, 0.25) is 11.9 Å². The second-order valence-corrected chi connectivity index (χ2v) is 7.25. The molecule has 1 aromatic carbocycles. The molecule has 2 heterocycles. The van der Waals surface area contributed by atoms with Crippen LogP contribution in [0.4, 0.5) is 11.1 Å². The fourth-order valence-corrected chi connectivity index (χ4v) is 3.81. The minimum atomic E-state index is -0.530. The third kappa shape index (κ3) is 4.37. The van der Waals surface area contributed by atoms with Crippen LogP contribution in [-0.2, 0) is 11.2 Å². The van der Waals surface area contributed by atoms with E-state index in [1.165, 1.54) is 28.7 Å². The number of nitrogens with two attached hydrogens (primary N) is 1. The molecule has 3 rings (SSSR count). The van der Waals surface area contributed by atoms with E-state index in [-0.39, 0.29) is 11.9 Å². The Hall–Kier alpha value is -2.39. The number of nitrogens with one attached hydrogen (secondary N) is 1. The van der Waals surface area contributed by atoms with Gasteiger partial charge in [0.15, 0.2) is 10.3 Å². The van der Waals surface area contributed by atoms with Gasteiger partial charge in [0.05, 0.1) is 0 Å². The summed E-state index contributed by atoms with van der Waals surface area (Å²) in [7, 11) is 0. The number of carbonyl (C=O) groups is 1. The zero-order chi connectivity index (χ0) is 17.6. The van der Waals surface area contributed by atoms with Crippen LogP contribution in [0, 0.1) is 0 Å². The predicted molar refractivity (Wildman–Crippen MR) is 101 cm³/mol. The van der Waals surface area contributed by atoms with Gasteiger partial charge in [-0.05, 0) is 18.9 Å². The van der Waals surface area contributed by atoms with Gasteiger partial charge in [0.1, 0.15) is 6.04 Å². The lowest BCUT2D eigenvalue weighted by Gasteiger charge is -2.15. The molecule has 3 N–H and O–H groups in total. The second kappa shape index (κ2) is 8.13. The summed E-state index contributed by atoms with van der Waals surface area (Å²) in [5.41, 5.74) is 7.17. The van der Waals surface area contributed by atoms with Crippen molar-refractivity contribution in [2.75, 3.05) is 16.8 Å². The van der Waals surface area contributed by atoms with E-state index in [0.717, 1.165) is 12.2 Å². The fraction of sp³-hybridized carbons (Fsp3) is 0.250. The monoisotopic (exact) mass is 374 g/mol. The summed E-state index contributed by atoms with van der Waals surface area (Å²) in [5.74, 6) is 0.846. The van der Waals surface area contributed by atoms with Crippen molar-refractivity contribution in [3.8, 4) is 0 Å². The molecule has 0 bridgehead atoms. The average Bonchev–Trinajstić information content (AvgIpc) is 3.25. The molecular formula is C16H18N6OS2. The highest BCUT2D eigenvalue weighted by Crippen LogP contribution is 2.25. The van der Waals surface area contributed by atoms with Crippen molar-refractivity contribution in [1.29, 1.82) is 0 Å². The molecule has 2 aromatic heterocycles. The van der Waals surface area contributed by atoms with Crippen LogP contribution in [0.2, 0.25) is 0 Å². The molecule has 0 aliphatic rings. The largest absolute Gasteiger partial charge is 0.368 e. The van der Waals surface area contributed by atoms with Gasteiger partial charge in [-0.2, -0.15) is 0 Å². The number of aromatic nitrogens is 4. The minimum Gasteiger partial charge on any atom is -0.368 e. The first-order valence-corrected chi connectivity index (χ1v) is 9.59. The van der Waals surface area contributed by atoms with E-state index in [4.69, 9.17) is 5.73 Å². The van der Waals surface area contributed by atoms with Crippen LogP contribution >= 0.6 is 23.1 Å². The topological polar surface area (TPSA) is 98.7 Å². The highest BCUT2D eigenvalue weighted by atomic mass is 32.2. The standard InChI is InChI=1S/C16H18N6OS2/c1-11(13(23)19-15-18-8-10-24-15)22-14(17)20-21-16(22)25-9-7-12-5-3-2-4-6-12/h2-6,8,10-11H,7,9H2,1H3,(H2,17,20)(H,18,19,23). The number of thiazole rings is 1. The quantitative estimate of drug-likeness (QED) is 0.617. The van der Waals surface area contributed by atoms with Crippen molar-refractivity contribution in [3.63, 3.8) is 0 Å². The van der Waals surface area contributed by atoms with Crippen LogP contribution in [0.3, 0.4) is 0 Å². The first-order valence-electron chi connectivity index (χ1n) is 7.72. The van der Waals surface area contributed by atoms with Gasteiger partial charge in [-0.25, -0.2) is 4.98 Å². The molecule has 7 nitrogen and oxygen atoms in total. The van der Waals surface area contributed by atoms with Crippen LogP contribution < -0.4 is 11.1 Å². The highest BCUT2D eigenvalue weighted by Gasteiger charge is 2.22. The van der Waals surface area contributed by atoms with Gasteiger partial charge in [0, 0.05) is 17.3 Å². The first-order chi connectivity index (χ1) is 12.1. The number of thioether (sulfide) groups is 1. The first kappa shape index (κ1) is 17.4. The Morgan fingerprint density at radius 2 is 2.16 bits per heavy atom. The Morgan fingerprint density at radius 1 is 1.36 bits per heavy atom. The second-order valence-electron chi connectivity index (χ2n) is 5.30. The van der Waals surface area contributed by atoms with Crippen molar-refractivity contribution in [3.05, 3.63) is 47.5 Å². The average molecular weight is 374 g/mol. The van der Waals surface area contributed by atoms with Crippen LogP contribution in [0.15, 0.2) is 47.1 Å². The van der Waals surface area contributed by atoms with E-state index in [1.807, 2.05) is 18.2 Å². The van der Waals surface area contributed by atoms with E-state index >= 15 is 0 Å². The van der Waals surface area contributed by atoms with Crippen LogP contribution in [0.5, 0.6) is 0 Å². The SMILES string of the molecule is CC(C(=O)Nc1nccs1)n1c(N)nnc1SCCc1ccccc1. The van der Waals surface area contributed by atoms with E-state index in [1.54, 1.807) is 23.1 Å². The van der Waals surface area contributed by atoms with E-state index in [0.29, 0.717) is 10.3 Å². The third-order valence-electron chi connectivity index (χ3n) is 3.58. The van der Waals surface area contributed by atoms with Crippen molar-refractivity contribution >= 4 is 40.1 Å². The number of nitrogen functional groups attached to an aromatic ring is 1.